The molecule has 0 N–H and O–H groups in total. The van der Waals surface area contributed by atoms with Gasteiger partial charge in [-0.2, -0.15) is 8.78 Å². The minimum Gasteiger partial charge on any atom is -0.348 e. The molecule has 0 fully saturated rings. The Labute approximate surface area is 97.1 Å². The Morgan fingerprint density at radius 2 is 1.59 bits per heavy atom. The molecule has 0 radical (unpaired) electrons. The van der Waals surface area contributed by atoms with Gasteiger partial charge >= 0.3 is 0 Å². The summed E-state index contributed by atoms with van der Waals surface area (Å²) in [5.41, 5.74) is -0.219. The molecule has 0 saturated heterocycles. The summed E-state index contributed by atoms with van der Waals surface area (Å²) in [6, 6.07) is 10.2. The second-order valence-electron chi connectivity index (χ2n) is 3.78. The van der Waals surface area contributed by atoms with E-state index in [1.807, 2.05) is 0 Å². The quantitative estimate of drug-likeness (QED) is 0.801. The summed E-state index contributed by atoms with van der Waals surface area (Å²) >= 11 is 0. The Balaban J connectivity index is 2.23. The van der Waals surface area contributed by atoms with Crippen LogP contribution in [0.1, 0.15) is 5.56 Å². The molecule has 0 amide bonds. The fraction of sp³-hybridized carbons (Fsp3) is 0.154. The number of rotatable bonds is 3. The van der Waals surface area contributed by atoms with Gasteiger partial charge in [0.1, 0.15) is 0 Å². The van der Waals surface area contributed by atoms with Crippen LogP contribution >= 0.6 is 0 Å². The summed E-state index contributed by atoms with van der Waals surface area (Å²) in [6.45, 7) is -0.475. The van der Waals surface area contributed by atoms with Crippen LogP contribution in [0.15, 0.2) is 59.7 Å². The van der Waals surface area contributed by atoms with Crippen LogP contribution < -0.4 is 5.43 Å². The van der Waals surface area contributed by atoms with Crippen molar-refractivity contribution < 1.29 is 8.78 Å². The SMILES string of the molecule is O=c1ccn(CC(F)(F)c2ccccc2)cc1. The van der Waals surface area contributed by atoms with E-state index in [-0.39, 0.29) is 11.0 Å². The van der Waals surface area contributed by atoms with Crippen LogP contribution in [-0.4, -0.2) is 4.57 Å². The number of pyridine rings is 1. The smallest absolute Gasteiger partial charge is 0.290 e. The summed E-state index contributed by atoms with van der Waals surface area (Å²) in [5.74, 6) is -2.95. The van der Waals surface area contributed by atoms with Crippen molar-refractivity contribution in [2.24, 2.45) is 0 Å². The first-order chi connectivity index (χ1) is 8.08. The van der Waals surface area contributed by atoms with E-state index in [4.69, 9.17) is 0 Å². The van der Waals surface area contributed by atoms with Gasteiger partial charge in [0.2, 0.25) is 0 Å². The van der Waals surface area contributed by atoms with Crippen LogP contribution in [0.5, 0.6) is 0 Å². The molecule has 1 aromatic carbocycles. The molecule has 0 aliphatic heterocycles. The summed E-state index contributed by atoms with van der Waals surface area (Å²) in [6.07, 6.45) is 2.72. The second kappa shape index (κ2) is 4.49. The van der Waals surface area contributed by atoms with Gasteiger partial charge in [0, 0.05) is 30.1 Å². The summed E-state index contributed by atoms with van der Waals surface area (Å²) in [4.78, 5) is 10.9. The predicted molar refractivity (Wildman–Crippen MR) is 61.0 cm³/mol. The van der Waals surface area contributed by atoms with Gasteiger partial charge in [-0.05, 0) is 0 Å². The summed E-state index contributed by atoms with van der Waals surface area (Å²) < 4.78 is 29.0. The predicted octanol–water partition coefficient (Wildman–Crippen LogP) is 2.64. The van der Waals surface area contributed by atoms with Crippen LogP contribution in [0, 0.1) is 0 Å². The first-order valence-electron chi connectivity index (χ1n) is 5.17. The molecule has 0 saturated carbocycles. The van der Waals surface area contributed by atoms with Gasteiger partial charge in [-0.15, -0.1) is 0 Å². The van der Waals surface area contributed by atoms with Crippen molar-refractivity contribution in [2.75, 3.05) is 0 Å². The fourth-order valence-electron chi connectivity index (χ4n) is 1.55. The highest BCUT2D eigenvalue weighted by Gasteiger charge is 2.31. The molecular formula is C13H11F2NO. The van der Waals surface area contributed by atoms with E-state index in [9.17, 15) is 13.6 Å². The Morgan fingerprint density at radius 1 is 1.00 bits per heavy atom. The average molecular weight is 235 g/mol. The third-order valence-corrected chi connectivity index (χ3v) is 2.44. The number of benzene rings is 1. The van der Waals surface area contributed by atoms with Crippen LogP contribution in [0.3, 0.4) is 0 Å². The Bertz CT molecular complexity index is 528. The van der Waals surface area contributed by atoms with E-state index in [0.717, 1.165) is 0 Å². The first-order valence-corrected chi connectivity index (χ1v) is 5.17. The molecule has 88 valence electrons. The molecule has 0 bridgehead atoms. The Hall–Kier alpha value is -1.97. The van der Waals surface area contributed by atoms with Crippen molar-refractivity contribution in [2.45, 2.75) is 12.5 Å². The van der Waals surface area contributed by atoms with Crippen molar-refractivity contribution in [1.29, 1.82) is 0 Å². The average Bonchev–Trinajstić information content (AvgIpc) is 2.33. The molecule has 1 aromatic heterocycles. The molecule has 4 heteroatoms. The van der Waals surface area contributed by atoms with Gasteiger partial charge in [0.25, 0.3) is 5.92 Å². The summed E-state index contributed by atoms with van der Waals surface area (Å²) in [5, 5.41) is 0. The minimum absolute atomic E-state index is 0.0290. The van der Waals surface area contributed by atoms with Crippen LogP contribution in [0.2, 0.25) is 0 Å². The van der Waals surface area contributed by atoms with Crippen LogP contribution in [-0.2, 0) is 12.5 Å². The third kappa shape index (κ3) is 2.78. The number of halogens is 2. The summed E-state index contributed by atoms with van der Waals surface area (Å²) in [7, 11) is 0. The highest BCUT2D eigenvalue weighted by Crippen LogP contribution is 2.29. The molecule has 2 nitrogen and oxygen atoms in total. The molecule has 0 spiro atoms. The molecule has 1 heterocycles. The molecule has 17 heavy (non-hydrogen) atoms. The van der Waals surface area contributed by atoms with Gasteiger partial charge in [-0.25, -0.2) is 0 Å². The zero-order chi connectivity index (χ0) is 12.3. The molecule has 2 rings (SSSR count). The van der Waals surface area contributed by atoms with E-state index in [1.165, 1.54) is 41.2 Å². The number of hydrogen-bond acceptors (Lipinski definition) is 1. The van der Waals surface area contributed by atoms with Crippen molar-refractivity contribution in [1.82, 2.24) is 4.57 Å². The lowest BCUT2D eigenvalue weighted by molar-refractivity contribution is -0.0223. The Kier molecular flexibility index (Phi) is 3.04. The van der Waals surface area contributed by atoms with Crippen LogP contribution in [0.4, 0.5) is 8.78 Å². The van der Waals surface area contributed by atoms with Gasteiger partial charge < -0.3 is 4.57 Å². The minimum atomic E-state index is -2.95. The third-order valence-electron chi connectivity index (χ3n) is 2.44. The van der Waals surface area contributed by atoms with Gasteiger partial charge in [0.15, 0.2) is 5.43 Å². The topological polar surface area (TPSA) is 22.0 Å². The number of nitrogens with zero attached hydrogens (tertiary/aromatic N) is 1. The van der Waals surface area contributed by atoms with E-state index in [0.29, 0.717) is 0 Å². The van der Waals surface area contributed by atoms with Gasteiger partial charge in [0.05, 0.1) is 6.54 Å². The molecular weight excluding hydrogens is 224 g/mol. The zero-order valence-electron chi connectivity index (χ0n) is 9.01. The van der Waals surface area contributed by atoms with Crippen molar-refractivity contribution in [3.63, 3.8) is 0 Å². The standard InChI is InChI=1S/C13H11F2NO/c14-13(15,11-4-2-1-3-5-11)10-16-8-6-12(17)7-9-16/h1-9H,10H2. The molecule has 0 aliphatic carbocycles. The second-order valence-corrected chi connectivity index (χ2v) is 3.78. The van der Waals surface area contributed by atoms with Crippen molar-refractivity contribution in [3.05, 3.63) is 70.6 Å². The largest absolute Gasteiger partial charge is 0.348 e. The highest BCUT2D eigenvalue weighted by molar-refractivity contribution is 5.19. The lowest BCUT2D eigenvalue weighted by Crippen LogP contribution is -2.21. The van der Waals surface area contributed by atoms with E-state index >= 15 is 0 Å². The lowest BCUT2D eigenvalue weighted by atomic mass is 10.1. The Morgan fingerprint density at radius 3 is 2.18 bits per heavy atom. The number of alkyl halides is 2. The number of aromatic nitrogens is 1. The van der Waals surface area contributed by atoms with Crippen LogP contribution in [0.25, 0.3) is 0 Å². The normalized spacial score (nSPS) is 11.4. The fourth-order valence-corrected chi connectivity index (χ4v) is 1.55. The van der Waals surface area contributed by atoms with Gasteiger partial charge in [-0.3, -0.25) is 4.79 Å². The van der Waals surface area contributed by atoms with E-state index in [2.05, 4.69) is 0 Å². The molecule has 0 aliphatic rings. The van der Waals surface area contributed by atoms with Crippen molar-refractivity contribution >= 4 is 0 Å². The maximum Gasteiger partial charge on any atom is 0.290 e. The van der Waals surface area contributed by atoms with E-state index < -0.39 is 12.5 Å². The number of hydrogen-bond donors (Lipinski definition) is 0. The molecule has 2 aromatic rings. The maximum atomic E-state index is 13.8. The molecule has 0 atom stereocenters. The highest BCUT2D eigenvalue weighted by atomic mass is 19.3. The monoisotopic (exact) mass is 235 g/mol. The van der Waals surface area contributed by atoms with E-state index in [1.54, 1.807) is 18.2 Å². The van der Waals surface area contributed by atoms with Crippen molar-refractivity contribution in [3.8, 4) is 0 Å². The molecule has 0 unspecified atom stereocenters. The maximum absolute atomic E-state index is 13.8. The lowest BCUT2D eigenvalue weighted by Gasteiger charge is -2.18. The van der Waals surface area contributed by atoms with Gasteiger partial charge in [-0.1, -0.05) is 30.3 Å². The first kappa shape index (κ1) is 11.5. The zero-order valence-corrected chi connectivity index (χ0v) is 9.01.